The Kier molecular flexibility index (Phi) is 7.86. The molecule has 1 fully saturated rings. The highest BCUT2D eigenvalue weighted by Crippen LogP contribution is 2.30. The van der Waals surface area contributed by atoms with E-state index in [1.54, 1.807) is 16.9 Å². The summed E-state index contributed by atoms with van der Waals surface area (Å²) in [6, 6.07) is 0.851. The van der Waals surface area contributed by atoms with Crippen molar-refractivity contribution >= 4 is 21.9 Å². The number of carbonyl (C=O) groups excluding carboxylic acids is 1. The maximum atomic E-state index is 13.0. The number of anilines is 1. The number of aromatic nitrogens is 4. The summed E-state index contributed by atoms with van der Waals surface area (Å²) in [5, 5.41) is 32.6. The molecule has 0 aromatic carbocycles. The molecule has 0 saturated heterocycles. The lowest BCUT2D eigenvalue weighted by atomic mass is 10.1. The number of aliphatic hydroxyl groups excluding tert-OH is 2. The first-order chi connectivity index (χ1) is 15.2. The van der Waals surface area contributed by atoms with Gasteiger partial charge in [0.25, 0.3) is 0 Å². The van der Waals surface area contributed by atoms with E-state index in [4.69, 9.17) is 9.88 Å². The molecule has 5 N–H and O–H groups in total. The van der Waals surface area contributed by atoms with Crippen LogP contribution in [0, 0.1) is 5.92 Å². The highest BCUT2D eigenvalue weighted by atomic mass is 32.2. The minimum atomic E-state index is -4.18. The molecule has 0 amide bonds. The second-order valence-electron chi connectivity index (χ2n) is 7.28. The Labute approximate surface area is 184 Å². The van der Waals surface area contributed by atoms with Gasteiger partial charge in [-0.2, -0.15) is 13.5 Å². The molecule has 0 spiro atoms. The van der Waals surface area contributed by atoms with Crippen molar-refractivity contribution in [2.45, 2.75) is 38.1 Å². The lowest BCUT2D eigenvalue weighted by Gasteiger charge is -2.19. The van der Waals surface area contributed by atoms with Gasteiger partial charge in [0, 0.05) is 24.9 Å². The van der Waals surface area contributed by atoms with Crippen LogP contribution >= 0.6 is 0 Å². The van der Waals surface area contributed by atoms with Crippen molar-refractivity contribution in [2.24, 2.45) is 11.1 Å². The molecule has 14 heteroatoms. The number of nitrogens with two attached hydrogens (primary N) is 1. The molecular formula is C18H26N6O7S. The van der Waals surface area contributed by atoms with E-state index < -0.39 is 40.3 Å². The van der Waals surface area contributed by atoms with Crippen molar-refractivity contribution in [1.29, 1.82) is 0 Å². The van der Waals surface area contributed by atoms with E-state index >= 15 is 0 Å². The van der Waals surface area contributed by atoms with Crippen LogP contribution in [-0.4, -0.2) is 82.2 Å². The van der Waals surface area contributed by atoms with Gasteiger partial charge in [0.1, 0.15) is 23.9 Å². The number of hydrogen-bond acceptors (Lipinski definition) is 11. The Hall–Kier alpha value is -2.49. The molecule has 176 valence electrons. The van der Waals surface area contributed by atoms with Crippen molar-refractivity contribution in [2.75, 3.05) is 25.1 Å². The number of aliphatic hydroxyl groups is 2. The van der Waals surface area contributed by atoms with Crippen LogP contribution in [0.15, 0.2) is 24.8 Å². The van der Waals surface area contributed by atoms with Gasteiger partial charge in [0.15, 0.2) is 0 Å². The summed E-state index contributed by atoms with van der Waals surface area (Å²) < 4.78 is 33.4. The molecule has 13 nitrogen and oxygen atoms in total. The number of nitrogens with zero attached hydrogens (tertiary/aromatic N) is 4. The molecule has 0 aliphatic heterocycles. The van der Waals surface area contributed by atoms with E-state index in [-0.39, 0.29) is 30.1 Å². The quantitative estimate of drug-likeness (QED) is 0.225. The molecule has 0 bridgehead atoms. The average Bonchev–Trinajstić information content (AvgIpc) is 3.32. The van der Waals surface area contributed by atoms with Gasteiger partial charge in [0.2, 0.25) is 5.78 Å². The predicted octanol–water partition coefficient (Wildman–Crippen LogP) is -1.32. The molecule has 1 aliphatic rings. The van der Waals surface area contributed by atoms with Crippen LogP contribution in [0.1, 0.15) is 29.4 Å². The lowest BCUT2D eigenvalue weighted by molar-refractivity contribution is 0.00778. The largest absolute Gasteiger partial charge is 0.390 e. The second kappa shape index (κ2) is 10.4. The summed E-state index contributed by atoms with van der Waals surface area (Å²) >= 11 is 0. The minimum absolute atomic E-state index is 0.133. The first kappa shape index (κ1) is 24.2. The summed E-state index contributed by atoms with van der Waals surface area (Å²) in [5.41, 5.74) is 0.319. The molecule has 2 heterocycles. The van der Waals surface area contributed by atoms with Gasteiger partial charge in [-0.15, -0.1) is 0 Å². The van der Waals surface area contributed by atoms with Crippen LogP contribution in [0.25, 0.3) is 0 Å². The Balaban J connectivity index is 1.71. The van der Waals surface area contributed by atoms with Crippen LogP contribution in [0.5, 0.6) is 0 Å². The summed E-state index contributed by atoms with van der Waals surface area (Å²) in [5.74, 6) is -0.966. The average molecular weight is 471 g/mol. The fraction of sp³-hybridized carbons (Fsp3) is 0.556. The van der Waals surface area contributed by atoms with Crippen molar-refractivity contribution in [3.05, 3.63) is 36.0 Å². The number of carbonyl (C=O) groups is 1. The lowest BCUT2D eigenvalue weighted by Crippen LogP contribution is -2.36. The number of ether oxygens (including phenoxy) is 1. The second-order valence-corrected chi connectivity index (χ2v) is 8.50. The summed E-state index contributed by atoms with van der Waals surface area (Å²) in [7, 11) is -4.18. The van der Waals surface area contributed by atoms with Crippen LogP contribution < -0.4 is 10.5 Å². The minimum Gasteiger partial charge on any atom is -0.390 e. The van der Waals surface area contributed by atoms with Gasteiger partial charge in [-0.05, 0) is 19.4 Å². The van der Waals surface area contributed by atoms with E-state index in [0.29, 0.717) is 19.8 Å². The van der Waals surface area contributed by atoms with E-state index in [1.807, 2.05) is 6.92 Å². The molecule has 2 aromatic heterocycles. The molecule has 1 aliphatic carbocycles. The first-order valence-electron chi connectivity index (χ1n) is 9.95. The maximum absolute atomic E-state index is 13.0. The number of rotatable bonds is 11. The standard InChI is InChI=1S/C18H26N6O7S/c1-2-30-6-5-24-4-3-13(23-24)16(26)12-8-20-10-21-18(12)22-14-7-11(15(25)17(14)27)9-31-32(19,28)29/h3-4,8,10-11,14-15,17,25,27H,2,5-7,9H2,1H3,(H2,19,28,29)(H,20,21,22)/t11-,14-,15-,17+/m1/s1. The monoisotopic (exact) mass is 470 g/mol. The predicted molar refractivity (Wildman–Crippen MR) is 111 cm³/mol. The molecule has 0 unspecified atom stereocenters. The Morgan fingerprint density at radius 1 is 1.38 bits per heavy atom. The van der Waals surface area contributed by atoms with Gasteiger partial charge in [0.05, 0.1) is 37.5 Å². The molecule has 2 aromatic rings. The van der Waals surface area contributed by atoms with Gasteiger partial charge in [-0.25, -0.2) is 15.1 Å². The topological polar surface area (TPSA) is 192 Å². The third-order valence-electron chi connectivity index (χ3n) is 5.07. The summed E-state index contributed by atoms with van der Waals surface area (Å²) in [4.78, 5) is 21.0. The maximum Gasteiger partial charge on any atom is 0.333 e. The number of nitrogens with one attached hydrogen (secondary N) is 1. The molecule has 1 saturated carbocycles. The third-order valence-corrected chi connectivity index (χ3v) is 5.53. The van der Waals surface area contributed by atoms with Crippen molar-refractivity contribution in [3.63, 3.8) is 0 Å². The molecule has 3 rings (SSSR count). The molecular weight excluding hydrogens is 444 g/mol. The summed E-state index contributed by atoms with van der Waals surface area (Å²) in [6.07, 6.45) is 1.88. The van der Waals surface area contributed by atoms with Crippen molar-refractivity contribution in [1.82, 2.24) is 19.7 Å². The number of hydrogen-bond donors (Lipinski definition) is 4. The fourth-order valence-corrected chi connectivity index (χ4v) is 3.81. The highest BCUT2D eigenvalue weighted by molar-refractivity contribution is 7.84. The van der Waals surface area contributed by atoms with Gasteiger partial charge in [-0.1, -0.05) is 0 Å². The van der Waals surface area contributed by atoms with Crippen LogP contribution in [0.3, 0.4) is 0 Å². The normalized spacial score (nSPS) is 23.4. The SMILES string of the molecule is CCOCCn1ccc(C(=O)c2cncnc2N[C@@H]2C[C@H](COS(N)(=O)=O)[C@@H](O)[C@H]2O)n1. The zero-order valence-corrected chi connectivity index (χ0v) is 18.2. The fourth-order valence-electron chi connectivity index (χ4n) is 3.45. The Morgan fingerprint density at radius 3 is 2.88 bits per heavy atom. The van der Waals surface area contributed by atoms with E-state index in [2.05, 4.69) is 24.6 Å². The molecule has 32 heavy (non-hydrogen) atoms. The zero-order chi connectivity index (χ0) is 23.3. The first-order valence-corrected chi connectivity index (χ1v) is 11.4. The zero-order valence-electron chi connectivity index (χ0n) is 17.4. The van der Waals surface area contributed by atoms with Gasteiger partial charge < -0.3 is 20.3 Å². The smallest absolute Gasteiger partial charge is 0.333 e. The Morgan fingerprint density at radius 2 is 2.16 bits per heavy atom. The van der Waals surface area contributed by atoms with Gasteiger partial charge in [-0.3, -0.25) is 13.7 Å². The van der Waals surface area contributed by atoms with Crippen molar-refractivity contribution in [3.8, 4) is 0 Å². The summed E-state index contributed by atoms with van der Waals surface area (Å²) in [6.45, 7) is 3.04. The van der Waals surface area contributed by atoms with Crippen LogP contribution in [0.2, 0.25) is 0 Å². The van der Waals surface area contributed by atoms with Gasteiger partial charge >= 0.3 is 10.3 Å². The highest BCUT2D eigenvalue weighted by Gasteiger charge is 2.42. The van der Waals surface area contributed by atoms with E-state index in [9.17, 15) is 23.4 Å². The third kappa shape index (κ3) is 6.05. The van der Waals surface area contributed by atoms with Crippen LogP contribution in [-0.2, 0) is 25.8 Å². The van der Waals surface area contributed by atoms with Crippen LogP contribution in [0.4, 0.5) is 5.82 Å². The van der Waals surface area contributed by atoms with E-state index in [1.165, 1.54) is 12.5 Å². The molecule has 4 atom stereocenters. The number of ketones is 1. The van der Waals surface area contributed by atoms with Crippen molar-refractivity contribution < 1.29 is 32.3 Å². The molecule has 0 radical (unpaired) electrons. The van der Waals surface area contributed by atoms with E-state index in [0.717, 1.165) is 0 Å². The Bertz CT molecular complexity index is 1030.